The molecule has 0 radical (unpaired) electrons. The summed E-state index contributed by atoms with van der Waals surface area (Å²) in [5.41, 5.74) is 2.76. The predicted octanol–water partition coefficient (Wildman–Crippen LogP) is 2.40. The predicted molar refractivity (Wildman–Crippen MR) is 113 cm³/mol. The minimum atomic E-state index is -0.250. The van der Waals surface area contributed by atoms with E-state index in [2.05, 4.69) is 15.4 Å². The summed E-state index contributed by atoms with van der Waals surface area (Å²) in [5, 5.41) is 14.0. The Morgan fingerprint density at radius 2 is 2.10 bits per heavy atom. The molecule has 2 bridgehead atoms. The molecule has 3 fully saturated rings. The monoisotopic (exact) mass is 427 g/mol. The van der Waals surface area contributed by atoms with Gasteiger partial charge in [0.15, 0.2) is 5.76 Å². The Morgan fingerprint density at radius 1 is 1.35 bits per heavy atom. The molecule has 0 saturated carbocycles. The SMILES string of the molecule is Cc1ccc(C(=O)NC[C@H]2[C@H]3CN(Cc4cc(C)no4)C[C@]34CC[C@H]2O4)cc1.O=CO. The molecule has 3 aliphatic heterocycles. The number of likely N-dealkylation sites (tertiary alicyclic amines) is 1. The van der Waals surface area contributed by atoms with E-state index in [4.69, 9.17) is 19.2 Å². The number of rotatable bonds is 5. The van der Waals surface area contributed by atoms with Crippen LogP contribution in [0.4, 0.5) is 0 Å². The van der Waals surface area contributed by atoms with Crippen LogP contribution in [0.1, 0.15) is 40.2 Å². The first-order chi connectivity index (χ1) is 14.9. The zero-order valence-electron chi connectivity index (χ0n) is 17.9. The molecule has 0 unspecified atom stereocenters. The Bertz CT molecular complexity index is 928. The maximum Gasteiger partial charge on any atom is 0.290 e. The number of ether oxygens (including phenoxy) is 1. The van der Waals surface area contributed by atoms with Crippen LogP contribution >= 0.6 is 0 Å². The topological polar surface area (TPSA) is 105 Å². The molecule has 5 rings (SSSR count). The first-order valence-electron chi connectivity index (χ1n) is 10.7. The van der Waals surface area contributed by atoms with Crippen molar-refractivity contribution in [2.24, 2.45) is 11.8 Å². The van der Waals surface area contributed by atoms with E-state index in [1.54, 1.807) is 0 Å². The molecule has 2 aromatic rings. The summed E-state index contributed by atoms with van der Waals surface area (Å²) in [6.07, 6.45) is 2.49. The number of carbonyl (C=O) groups is 2. The molecule has 3 aliphatic rings. The number of nitrogens with zero attached hydrogens (tertiary/aromatic N) is 2. The molecule has 4 atom stereocenters. The number of benzene rings is 1. The van der Waals surface area contributed by atoms with Crippen LogP contribution in [-0.2, 0) is 16.1 Å². The van der Waals surface area contributed by atoms with Crippen LogP contribution in [0, 0.1) is 25.7 Å². The van der Waals surface area contributed by atoms with Crippen molar-refractivity contribution in [2.45, 2.75) is 44.9 Å². The number of carboxylic acid groups (broad SMARTS) is 1. The highest BCUT2D eigenvalue weighted by atomic mass is 16.5. The molecule has 31 heavy (non-hydrogen) atoms. The number of hydrogen-bond donors (Lipinski definition) is 2. The van der Waals surface area contributed by atoms with Gasteiger partial charge in [-0.1, -0.05) is 22.9 Å². The van der Waals surface area contributed by atoms with Crippen LogP contribution in [0.3, 0.4) is 0 Å². The third-order valence-corrected chi connectivity index (χ3v) is 6.72. The molecule has 8 nitrogen and oxygen atoms in total. The fourth-order valence-electron chi connectivity index (χ4n) is 5.41. The van der Waals surface area contributed by atoms with Crippen molar-refractivity contribution in [3.05, 3.63) is 52.9 Å². The second-order valence-electron chi connectivity index (χ2n) is 8.82. The molecule has 2 N–H and O–H groups in total. The minimum absolute atomic E-state index is 0.00353. The molecule has 8 heteroatoms. The van der Waals surface area contributed by atoms with Crippen molar-refractivity contribution in [3.63, 3.8) is 0 Å². The summed E-state index contributed by atoms with van der Waals surface area (Å²) >= 11 is 0. The number of aryl methyl sites for hydroxylation is 2. The lowest BCUT2D eigenvalue weighted by molar-refractivity contribution is -0.122. The van der Waals surface area contributed by atoms with Crippen LogP contribution in [0.2, 0.25) is 0 Å². The van der Waals surface area contributed by atoms with Gasteiger partial charge >= 0.3 is 0 Å². The molecular formula is C23H29N3O5. The molecule has 1 aromatic heterocycles. The number of nitrogens with one attached hydrogen (secondary N) is 1. The van der Waals surface area contributed by atoms with Gasteiger partial charge in [0.2, 0.25) is 0 Å². The van der Waals surface area contributed by atoms with Gasteiger partial charge in [-0.3, -0.25) is 14.5 Å². The highest BCUT2D eigenvalue weighted by Gasteiger charge is 2.62. The molecule has 0 aliphatic carbocycles. The number of hydrogen-bond acceptors (Lipinski definition) is 6. The second kappa shape index (κ2) is 8.80. The van der Waals surface area contributed by atoms with E-state index in [0.29, 0.717) is 18.4 Å². The van der Waals surface area contributed by atoms with Crippen molar-refractivity contribution in [1.29, 1.82) is 0 Å². The normalized spacial score (nSPS) is 28.6. The summed E-state index contributed by atoms with van der Waals surface area (Å²) in [7, 11) is 0. The molecule has 3 saturated heterocycles. The summed E-state index contributed by atoms with van der Waals surface area (Å²) in [6, 6.07) is 9.73. The molecule has 1 amide bonds. The van der Waals surface area contributed by atoms with Gasteiger partial charge in [-0.15, -0.1) is 0 Å². The van der Waals surface area contributed by atoms with Crippen LogP contribution in [0.5, 0.6) is 0 Å². The van der Waals surface area contributed by atoms with Crippen molar-refractivity contribution >= 4 is 12.4 Å². The Balaban J connectivity index is 0.000000730. The van der Waals surface area contributed by atoms with Gasteiger partial charge in [-0.05, 0) is 38.8 Å². The Morgan fingerprint density at radius 3 is 2.77 bits per heavy atom. The van der Waals surface area contributed by atoms with E-state index in [-0.39, 0.29) is 24.1 Å². The first kappa shape index (κ1) is 21.5. The van der Waals surface area contributed by atoms with Gasteiger partial charge in [0.25, 0.3) is 12.4 Å². The quantitative estimate of drug-likeness (QED) is 0.706. The minimum Gasteiger partial charge on any atom is -0.483 e. The van der Waals surface area contributed by atoms with Gasteiger partial charge in [-0.2, -0.15) is 0 Å². The first-order valence-corrected chi connectivity index (χ1v) is 10.7. The Hall–Kier alpha value is -2.71. The second-order valence-corrected chi connectivity index (χ2v) is 8.82. The largest absolute Gasteiger partial charge is 0.483 e. The lowest BCUT2D eigenvalue weighted by Gasteiger charge is -2.29. The summed E-state index contributed by atoms with van der Waals surface area (Å²) in [4.78, 5) is 23.3. The smallest absolute Gasteiger partial charge is 0.290 e. The summed E-state index contributed by atoms with van der Waals surface area (Å²) in [5.74, 6) is 1.76. The van der Waals surface area contributed by atoms with Crippen molar-refractivity contribution in [2.75, 3.05) is 19.6 Å². The van der Waals surface area contributed by atoms with E-state index in [1.807, 2.05) is 44.2 Å². The molecule has 1 spiro atoms. The van der Waals surface area contributed by atoms with E-state index >= 15 is 0 Å². The van der Waals surface area contributed by atoms with Crippen molar-refractivity contribution in [3.8, 4) is 0 Å². The molecule has 1 aromatic carbocycles. The fraction of sp³-hybridized carbons (Fsp3) is 0.522. The van der Waals surface area contributed by atoms with Crippen LogP contribution in [0.15, 0.2) is 34.9 Å². The molecule has 4 heterocycles. The molecule has 166 valence electrons. The maximum absolute atomic E-state index is 12.5. The molecular weight excluding hydrogens is 398 g/mol. The van der Waals surface area contributed by atoms with Gasteiger partial charge in [-0.25, -0.2) is 0 Å². The zero-order valence-corrected chi connectivity index (χ0v) is 17.9. The van der Waals surface area contributed by atoms with E-state index in [0.717, 1.165) is 55.1 Å². The highest BCUT2D eigenvalue weighted by Crippen LogP contribution is 2.54. The van der Waals surface area contributed by atoms with Gasteiger partial charge in [0, 0.05) is 43.1 Å². The van der Waals surface area contributed by atoms with Gasteiger partial charge in [0.1, 0.15) is 0 Å². The Kier molecular flexibility index (Phi) is 6.11. The average Bonchev–Trinajstić information content (AvgIpc) is 3.48. The van der Waals surface area contributed by atoms with Crippen LogP contribution in [-0.4, -0.2) is 58.9 Å². The van der Waals surface area contributed by atoms with Crippen molar-refractivity contribution in [1.82, 2.24) is 15.4 Å². The van der Waals surface area contributed by atoms with E-state index in [1.165, 1.54) is 0 Å². The number of fused-ring (bicyclic) bond motifs is 1. The fourth-order valence-corrected chi connectivity index (χ4v) is 5.41. The van der Waals surface area contributed by atoms with E-state index in [9.17, 15) is 4.79 Å². The average molecular weight is 428 g/mol. The third-order valence-electron chi connectivity index (χ3n) is 6.72. The third kappa shape index (κ3) is 4.36. The maximum atomic E-state index is 12.5. The summed E-state index contributed by atoms with van der Waals surface area (Å²) in [6.45, 7) is 7.10. The van der Waals surface area contributed by atoms with Gasteiger partial charge < -0.3 is 19.7 Å². The zero-order chi connectivity index (χ0) is 22.0. The van der Waals surface area contributed by atoms with Crippen LogP contribution < -0.4 is 5.32 Å². The number of aromatic nitrogens is 1. The van der Waals surface area contributed by atoms with Crippen LogP contribution in [0.25, 0.3) is 0 Å². The number of carbonyl (C=O) groups excluding carboxylic acids is 1. The van der Waals surface area contributed by atoms with Crippen molar-refractivity contribution < 1.29 is 24.0 Å². The lowest BCUT2D eigenvalue weighted by Crippen LogP contribution is -2.41. The Labute approximate surface area is 181 Å². The standard InChI is InChI=1S/C22H27N3O3.CH2O2/c1-14-3-5-16(6-4-14)21(26)23-10-18-19-12-25(11-17-9-15(2)24-28-17)13-22(19)8-7-20(18)27-22;2-1-3/h3-6,9,18-20H,7-8,10-13H2,1-2H3,(H,23,26);1H,(H,2,3)/t18-,19+,20+,22+;/m0./s1. The number of amides is 1. The van der Waals surface area contributed by atoms with E-state index < -0.39 is 0 Å². The van der Waals surface area contributed by atoms with Gasteiger partial charge in [0.05, 0.1) is 23.9 Å². The lowest BCUT2D eigenvalue weighted by atomic mass is 9.73. The highest BCUT2D eigenvalue weighted by molar-refractivity contribution is 5.94. The summed E-state index contributed by atoms with van der Waals surface area (Å²) < 4.78 is 11.9.